The fraction of sp³-hybridized carbons (Fsp3) is 0.700. The zero-order valence-corrected chi connectivity index (χ0v) is 9.80. The molecule has 0 saturated heterocycles. The van der Waals surface area contributed by atoms with Crippen molar-refractivity contribution in [3.8, 4) is 0 Å². The highest BCUT2D eigenvalue weighted by atomic mass is 35.5. The molecular weight excluding hydrogens is 198 g/mol. The topological polar surface area (TPSA) is 43.8 Å². The van der Waals surface area contributed by atoms with Crippen molar-refractivity contribution in [3.05, 3.63) is 16.4 Å². The Balaban J connectivity index is 2.93. The van der Waals surface area contributed by atoms with Gasteiger partial charge in [0.25, 0.3) is 0 Å². The molecule has 1 aromatic heterocycles. The van der Waals surface area contributed by atoms with E-state index in [0.717, 1.165) is 29.4 Å². The van der Waals surface area contributed by atoms with Crippen molar-refractivity contribution in [1.82, 2.24) is 9.78 Å². The van der Waals surface area contributed by atoms with Gasteiger partial charge in [-0.05, 0) is 32.7 Å². The second-order valence-electron chi connectivity index (χ2n) is 3.71. The van der Waals surface area contributed by atoms with E-state index in [1.165, 1.54) is 0 Å². The molecule has 0 spiro atoms. The Morgan fingerprint density at radius 3 is 2.71 bits per heavy atom. The molecule has 0 aliphatic carbocycles. The maximum Gasteiger partial charge on any atom is 0.0847 e. The number of aryl methyl sites for hydroxylation is 2. The van der Waals surface area contributed by atoms with Crippen LogP contribution < -0.4 is 5.73 Å². The summed E-state index contributed by atoms with van der Waals surface area (Å²) in [7, 11) is 0. The first-order valence-corrected chi connectivity index (χ1v) is 5.39. The van der Waals surface area contributed by atoms with Crippen LogP contribution in [0.1, 0.15) is 25.2 Å². The third-order valence-corrected chi connectivity index (χ3v) is 2.89. The van der Waals surface area contributed by atoms with Gasteiger partial charge in [0.2, 0.25) is 0 Å². The largest absolute Gasteiger partial charge is 0.330 e. The molecule has 0 aliphatic heterocycles. The van der Waals surface area contributed by atoms with Gasteiger partial charge in [0.15, 0.2) is 0 Å². The molecule has 80 valence electrons. The third-order valence-electron chi connectivity index (χ3n) is 2.40. The number of nitrogens with zero attached hydrogens (tertiary/aromatic N) is 2. The summed E-state index contributed by atoms with van der Waals surface area (Å²) in [6, 6.07) is 0. The number of halogens is 1. The Kier molecular flexibility index (Phi) is 3.96. The van der Waals surface area contributed by atoms with Crippen LogP contribution in [0, 0.1) is 12.8 Å². The first-order chi connectivity index (χ1) is 6.60. The zero-order chi connectivity index (χ0) is 10.7. The number of hydrogen-bond donors (Lipinski definition) is 1. The van der Waals surface area contributed by atoms with E-state index < -0.39 is 0 Å². The third kappa shape index (κ3) is 2.28. The van der Waals surface area contributed by atoms with Gasteiger partial charge in [-0.25, -0.2) is 0 Å². The van der Waals surface area contributed by atoms with Crippen LogP contribution in [0.3, 0.4) is 0 Å². The molecule has 1 atom stereocenters. The highest BCUT2D eigenvalue weighted by Crippen LogP contribution is 2.22. The summed E-state index contributed by atoms with van der Waals surface area (Å²) in [6.45, 7) is 7.67. The van der Waals surface area contributed by atoms with E-state index in [2.05, 4.69) is 18.9 Å². The summed E-state index contributed by atoms with van der Waals surface area (Å²) in [5.41, 5.74) is 7.62. The summed E-state index contributed by atoms with van der Waals surface area (Å²) in [4.78, 5) is 0. The van der Waals surface area contributed by atoms with Gasteiger partial charge >= 0.3 is 0 Å². The first-order valence-electron chi connectivity index (χ1n) is 5.02. The van der Waals surface area contributed by atoms with Crippen molar-refractivity contribution < 1.29 is 0 Å². The Labute approximate surface area is 90.2 Å². The molecule has 0 bridgehead atoms. The van der Waals surface area contributed by atoms with Crippen LogP contribution in [0.5, 0.6) is 0 Å². The van der Waals surface area contributed by atoms with Crippen LogP contribution in [-0.2, 0) is 13.0 Å². The van der Waals surface area contributed by atoms with Gasteiger partial charge in [0, 0.05) is 6.54 Å². The van der Waals surface area contributed by atoms with E-state index in [-0.39, 0.29) is 0 Å². The van der Waals surface area contributed by atoms with Gasteiger partial charge in [-0.1, -0.05) is 18.5 Å². The predicted octanol–water partition coefficient (Wildman–Crippen LogP) is 2.00. The van der Waals surface area contributed by atoms with E-state index in [9.17, 15) is 0 Å². The Bertz CT molecular complexity index is 307. The van der Waals surface area contributed by atoms with Crippen LogP contribution in [0.15, 0.2) is 0 Å². The fourth-order valence-corrected chi connectivity index (χ4v) is 1.69. The second-order valence-corrected chi connectivity index (χ2v) is 4.08. The monoisotopic (exact) mass is 215 g/mol. The van der Waals surface area contributed by atoms with Gasteiger partial charge in [0.05, 0.1) is 16.4 Å². The predicted molar refractivity (Wildman–Crippen MR) is 59.6 cm³/mol. The fourth-order valence-electron chi connectivity index (χ4n) is 1.48. The number of nitrogens with two attached hydrogens (primary N) is 1. The van der Waals surface area contributed by atoms with Crippen LogP contribution in [0.4, 0.5) is 0 Å². The molecular formula is C10H18ClN3. The van der Waals surface area contributed by atoms with E-state index in [1.54, 1.807) is 0 Å². The molecule has 1 aromatic rings. The van der Waals surface area contributed by atoms with Crippen LogP contribution >= 0.6 is 11.6 Å². The second kappa shape index (κ2) is 4.80. The van der Waals surface area contributed by atoms with Crippen LogP contribution in [-0.4, -0.2) is 16.3 Å². The number of hydrogen-bond acceptors (Lipinski definition) is 2. The maximum atomic E-state index is 6.17. The molecule has 1 unspecified atom stereocenters. The average molecular weight is 216 g/mol. The van der Waals surface area contributed by atoms with Crippen LogP contribution in [0.2, 0.25) is 5.02 Å². The van der Waals surface area contributed by atoms with Gasteiger partial charge in [-0.15, -0.1) is 0 Å². The van der Waals surface area contributed by atoms with Gasteiger partial charge in [0.1, 0.15) is 0 Å². The first kappa shape index (κ1) is 11.5. The molecule has 0 saturated carbocycles. The summed E-state index contributed by atoms with van der Waals surface area (Å²) >= 11 is 6.17. The van der Waals surface area contributed by atoms with Crippen molar-refractivity contribution in [2.24, 2.45) is 11.7 Å². The summed E-state index contributed by atoms with van der Waals surface area (Å²) < 4.78 is 1.96. The van der Waals surface area contributed by atoms with Crippen molar-refractivity contribution in [3.63, 3.8) is 0 Å². The minimum atomic E-state index is 0.453. The highest BCUT2D eigenvalue weighted by molar-refractivity contribution is 6.31. The van der Waals surface area contributed by atoms with Crippen molar-refractivity contribution in [2.75, 3.05) is 6.54 Å². The molecule has 0 amide bonds. The summed E-state index contributed by atoms with van der Waals surface area (Å²) in [5, 5.41) is 5.16. The Hall–Kier alpha value is -0.540. The zero-order valence-electron chi connectivity index (χ0n) is 9.05. The molecule has 3 nitrogen and oxygen atoms in total. The molecule has 0 aromatic carbocycles. The standard InChI is InChI=1S/C10H18ClN3/c1-4-14-9(5-7(2)6-12)10(11)8(3)13-14/h7H,4-6,12H2,1-3H3. The van der Waals surface area contributed by atoms with E-state index >= 15 is 0 Å². The lowest BCUT2D eigenvalue weighted by Gasteiger charge is -2.10. The van der Waals surface area contributed by atoms with Crippen molar-refractivity contribution in [2.45, 2.75) is 33.7 Å². The van der Waals surface area contributed by atoms with Crippen molar-refractivity contribution in [1.29, 1.82) is 0 Å². The summed E-state index contributed by atoms with van der Waals surface area (Å²) in [5.74, 6) is 0.453. The number of rotatable bonds is 4. The minimum Gasteiger partial charge on any atom is -0.330 e. The van der Waals surface area contributed by atoms with Gasteiger partial charge in [-0.3, -0.25) is 4.68 Å². The quantitative estimate of drug-likeness (QED) is 0.835. The molecule has 14 heavy (non-hydrogen) atoms. The van der Waals surface area contributed by atoms with Gasteiger partial charge in [-0.2, -0.15) is 5.10 Å². The van der Waals surface area contributed by atoms with Gasteiger partial charge < -0.3 is 5.73 Å². The molecule has 0 fully saturated rings. The SMILES string of the molecule is CCn1nc(C)c(Cl)c1CC(C)CN. The lowest BCUT2D eigenvalue weighted by molar-refractivity contribution is 0.537. The lowest BCUT2D eigenvalue weighted by Crippen LogP contribution is -2.15. The Morgan fingerprint density at radius 1 is 1.57 bits per heavy atom. The molecule has 2 N–H and O–H groups in total. The molecule has 0 radical (unpaired) electrons. The van der Waals surface area contributed by atoms with Crippen LogP contribution in [0.25, 0.3) is 0 Å². The number of aromatic nitrogens is 2. The van der Waals surface area contributed by atoms with E-state index in [4.69, 9.17) is 17.3 Å². The average Bonchev–Trinajstić information content (AvgIpc) is 2.45. The van der Waals surface area contributed by atoms with Crippen molar-refractivity contribution >= 4 is 11.6 Å². The Morgan fingerprint density at radius 2 is 2.21 bits per heavy atom. The molecule has 1 rings (SSSR count). The molecule has 0 aliphatic rings. The summed E-state index contributed by atoms with van der Waals surface area (Å²) in [6.07, 6.45) is 0.907. The smallest absolute Gasteiger partial charge is 0.0847 e. The van der Waals surface area contributed by atoms with E-state index in [0.29, 0.717) is 12.5 Å². The lowest BCUT2D eigenvalue weighted by atomic mass is 10.1. The normalized spacial score (nSPS) is 13.2. The molecule has 1 heterocycles. The van der Waals surface area contributed by atoms with E-state index in [1.807, 2.05) is 11.6 Å². The maximum absolute atomic E-state index is 6.17. The minimum absolute atomic E-state index is 0.453. The highest BCUT2D eigenvalue weighted by Gasteiger charge is 2.14. The molecule has 4 heteroatoms.